The second kappa shape index (κ2) is 7.44. The molecule has 18 heavy (non-hydrogen) atoms. The van der Waals surface area contributed by atoms with E-state index in [2.05, 4.69) is 11.1 Å². The van der Waals surface area contributed by atoms with E-state index in [1.807, 2.05) is 25.1 Å². The lowest BCUT2D eigenvalue weighted by atomic mass is 10.0. The summed E-state index contributed by atoms with van der Waals surface area (Å²) in [6, 6.07) is 7.81. The van der Waals surface area contributed by atoms with Crippen molar-refractivity contribution in [2.45, 2.75) is 26.2 Å². The summed E-state index contributed by atoms with van der Waals surface area (Å²) < 4.78 is 0. The van der Waals surface area contributed by atoms with E-state index in [4.69, 9.17) is 5.26 Å². The van der Waals surface area contributed by atoms with E-state index in [1.165, 1.54) is 0 Å². The number of carbonyl (C=O) groups excluding carboxylic acids is 1. The van der Waals surface area contributed by atoms with Crippen molar-refractivity contribution in [3.63, 3.8) is 0 Å². The van der Waals surface area contributed by atoms with E-state index >= 15 is 0 Å². The Kier molecular flexibility index (Phi) is 5.86. The van der Waals surface area contributed by atoms with Gasteiger partial charge < -0.3 is 4.90 Å². The summed E-state index contributed by atoms with van der Waals surface area (Å²) in [6.45, 7) is 2.57. The average Bonchev–Trinajstić information content (AvgIpc) is 2.42. The third-order valence-electron chi connectivity index (χ3n) is 2.84. The molecule has 4 heteroatoms. The van der Waals surface area contributed by atoms with Gasteiger partial charge in [0, 0.05) is 31.9 Å². The molecule has 0 spiro atoms. The molecular weight excluding hydrogens is 226 g/mol. The van der Waals surface area contributed by atoms with Crippen LogP contribution in [0.4, 0.5) is 0 Å². The highest BCUT2D eigenvalue weighted by Gasteiger charge is 2.20. The predicted molar refractivity (Wildman–Crippen MR) is 69.6 cm³/mol. The maximum absolute atomic E-state index is 12.0. The van der Waals surface area contributed by atoms with Crippen LogP contribution in [0.1, 0.15) is 25.5 Å². The van der Waals surface area contributed by atoms with Crippen LogP contribution in [0.15, 0.2) is 24.4 Å². The zero-order chi connectivity index (χ0) is 13.4. The molecule has 0 N–H and O–H groups in total. The Morgan fingerprint density at radius 1 is 1.56 bits per heavy atom. The minimum absolute atomic E-state index is 0.0877. The molecule has 96 valence electrons. The zero-order valence-electron chi connectivity index (χ0n) is 11.0. The first-order valence-electron chi connectivity index (χ1n) is 6.23. The Morgan fingerprint density at radius 2 is 2.33 bits per heavy atom. The van der Waals surface area contributed by atoms with Crippen molar-refractivity contribution in [3.05, 3.63) is 30.1 Å². The topological polar surface area (TPSA) is 57.0 Å². The first kappa shape index (κ1) is 14.2. The minimum Gasteiger partial charge on any atom is -0.344 e. The highest BCUT2D eigenvalue weighted by atomic mass is 16.2. The highest BCUT2D eigenvalue weighted by Crippen LogP contribution is 2.09. The monoisotopic (exact) mass is 245 g/mol. The van der Waals surface area contributed by atoms with E-state index in [9.17, 15) is 4.79 Å². The minimum atomic E-state index is -0.510. The second-order valence-corrected chi connectivity index (χ2v) is 4.30. The molecule has 0 radical (unpaired) electrons. The van der Waals surface area contributed by atoms with Crippen LogP contribution >= 0.6 is 0 Å². The van der Waals surface area contributed by atoms with Crippen LogP contribution in [0, 0.1) is 17.2 Å². The van der Waals surface area contributed by atoms with Crippen LogP contribution in [0.2, 0.25) is 0 Å². The van der Waals surface area contributed by atoms with E-state index < -0.39 is 5.92 Å². The number of hydrogen-bond donors (Lipinski definition) is 0. The van der Waals surface area contributed by atoms with Crippen molar-refractivity contribution < 1.29 is 4.79 Å². The first-order valence-corrected chi connectivity index (χ1v) is 6.23. The molecule has 4 nitrogen and oxygen atoms in total. The van der Waals surface area contributed by atoms with Gasteiger partial charge in [-0.05, 0) is 18.6 Å². The van der Waals surface area contributed by atoms with Gasteiger partial charge in [-0.25, -0.2) is 0 Å². The van der Waals surface area contributed by atoms with Gasteiger partial charge in [0.25, 0.3) is 0 Å². The fourth-order valence-electron chi connectivity index (χ4n) is 1.74. The Hall–Kier alpha value is -1.89. The van der Waals surface area contributed by atoms with Crippen LogP contribution in [-0.4, -0.2) is 29.4 Å². The van der Waals surface area contributed by atoms with Gasteiger partial charge in [0.2, 0.25) is 5.91 Å². The van der Waals surface area contributed by atoms with E-state index in [0.29, 0.717) is 19.4 Å². The number of amides is 1. The van der Waals surface area contributed by atoms with Crippen LogP contribution in [0.3, 0.4) is 0 Å². The molecule has 1 aromatic heterocycles. The van der Waals surface area contributed by atoms with Crippen LogP contribution in [0.25, 0.3) is 0 Å². The van der Waals surface area contributed by atoms with Crippen molar-refractivity contribution in [3.8, 4) is 6.07 Å². The summed E-state index contributed by atoms with van der Waals surface area (Å²) in [5.74, 6) is -0.598. The lowest BCUT2D eigenvalue weighted by Gasteiger charge is -2.19. The Balaban J connectivity index is 2.47. The Bertz CT molecular complexity index is 411. The Labute approximate surface area is 108 Å². The maximum atomic E-state index is 12.0. The average molecular weight is 245 g/mol. The number of rotatable bonds is 6. The number of nitriles is 1. The quantitative estimate of drug-likeness (QED) is 0.770. The molecule has 1 rings (SSSR count). The number of hydrogen-bond acceptors (Lipinski definition) is 3. The van der Waals surface area contributed by atoms with Gasteiger partial charge in [0.15, 0.2) is 0 Å². The molecule has 0 aromatic carbocycles. The van der Waals surface area contributed by atoms with Crippen molar-refractivity contribution >= 4 is 5.91 Å². The van der Waals surface area contributed by atoms with Crippen LogP contribution in [-0.2, 0) is 11.2 Å². The smallest absolute Gasteiger partial charge is 0.239 e. The van der Waals surface area contributed by atoms with Crippen molar-refractivity contribution in [1.29, 1.82) is 5.26 Å². The highest BCUT2D eigenvalue weighted by molar-refractivity contribution is 5.80. The normalized spacial score (nSPS) is 11.6. The third-order valence-corrected chi connectivity index (χ3v) is 2.84. The molecule has 0 bridgehead atoms. The Morgan fingerprint density at radius 3 is 2.89 bits per heavy atom. The van der Waals surface area contributed by atoms with Crippen molar-refractivity contribution in [2.75, 3.05) is 13.6 Å². The number of nitrogens with zero attached hydrogens (tertiary/aromatic N) is 3. The molecule has 0 saturated carbocycles. The van der Waals surface area contributed by atoms with Gasteiger partial charge in [0.05, 0.1) is 6.07 Å². The van der Waals surface area contributed by atoms with Crippen LogP contribution in [0.5, 0.6) is 0 Å². The fraction of sp³-hybridized carbons (Fsp3) is 0.500. The van der Waals surface area contributed by atoms with Gasteiger partial charge in [-0.3, -0.25) is 9.78 Å². The number of pyridine rings is 1. The molecule has 0 aliphatic rings. The third kappa shape index (κ3) is 4.17. The second-order valence-electron chi connectivity index (χ2n) is 4.30. The molecule has 0 saturated heterocycles. The molecule has 1 heterocycles. The van der Waals surface area contributed by atoms with E-state index in [0.717, 1.165) is 12.1 Å². The zero-order valence-corrected chi connectivity index (χ0v) is 11.0. The van der Waals surface area contributed by atoms with Gasteiger partial charge in [-0.1, -0.05) is 19.4 Å². The summed E-state index contributed by atoms with van der Waals surface area (Å²) in [5, 5.41) is 8.95. The number of carbonyl (C=O) groups is 1. The first-order chi connectivity index (χ1) is 8.69. The molecule has 1 amide bonds. The molecule has 1 aromatic rings. The maximum Gasteiger partial charge on any atom is 0.239 e. The van der Waals surface area contributed by atoms with E-state index in [1.54, 1.807) is 18.1 Å². The van der Waals surface area contributed by atoms with Crippen molar-refractivity contribution in [2.24, 2.45) is 5.92 Å². The lowest BCUT2D eigenvalue weighted by Crippen LogP contribution is -2.34. The standard InChI is InChI=1S/C14H19N3O/c1-3-6-12(11-15)14(18)17(2)10-8-13-7-4-5-9-16-13/h4-5,7,9,12H,3,6,8,10H2,1-2H3. The lowest BCUT2D eigenvalue weighted by molar-refractivity contribution is -0.132. The van der Waals surface area contributed by atoms with Gasteiger partial charge >= 0.3 is 0 Å². The molecule has 0 fully saturated rings. The molecule has 0 aliphatic heterocycles. The summed E-state index contributed by atoms with van der Waals surface area (Å²) >= 11 is 0. The van der Waals surface area contributed by atoms with Gasteiger partial charge in [0.1, 0.15) is 5.92 Å². The summed E-state index contributed by atoms with van der Waals surface area (Å²) in [6.07, 6.45) is 3.93. The number of aromatic nitrogens is 1. The predicted octanol–water partition coefficient (Wildman–Crippen LogP) is 2.02. The number of likely N-dealkylation sites (N-methyl/N-ethyl adjacent to an activating group) is 1. The summed E-state index contributed by atoms with van der Waals surface area (Å²) in [5.41, 5.74) is 0.959. The van der Waals surface area contributed by atoms with Crippen LogP contribution < -0.4 is 0 Å². The van der Waals surface area contributed by atoms with Gasteiger partial charge in [-0.2, -0.15) is 5.26 Å². The largest absolute Gasteiger partial charge is 0.344 e. The SMILES string of the molecule is CCCC(C#N)C(=O)N(C)CCc1ccccn1. The summed E-state index contributed by atoms with van der Waals surface area (Å²) in [7, 11) is 1.74. The summed E-state index contributed by atoms with van der Waals surface area (Å²) in [4.78, 5) is 17.8. The molecule has 1 unspecified atom stereocenters. The molecule has 1 atom stereocenters. The van der Waals surface area contributed by atoms with Crippen molar-refractivity contribution in [1.82, 2.24) is 9.88 Å². The van der Waals surface area contributed by atoms with Gasteiger partial charge in [-0.15, -0.1) is 0 Å². The molecular formula is C14H19N3O. The molecule has 0 aliphatic carbocycles. The van der Waals surface area contributed by atoms with E-state index in [-0.39, 0.29) is 5.91 Å². The fourth-order valence-corrected chi connectivity index (χ4v) is 1.74.